The fourth-order valence-electron chi connectivity index (χ4n) is 4.62. The van der Waals surface area contributed by atoms with Gasteiger partial charge < -0.3 is 24.5 Å². The van der Waals surface area contributed by atoms with E-state index in [1.165, 1.54) is 21.6 Å². The van der Waals surface area contributed by atoms with Crippen LogP contribution in [-0.2, 0) is 24.6 Å². The average molecular weight is 495 g/mol. The average Bonchev–Trinajstić information content (AvgIpc) is 3.22. The van der Waals surface area contributed by atoms with Crippen LogP contribution in [-0.4, -0.2) is 59.2 Å². The number of amides is 1. The van der Waals surface area contributed by atoms with Gasteiger partial charge in [0.15, 0.2) is 0 Å². The predicted octanol–water partition coefficient (Wildman–Crippen LogP) is 2.08. The minimum Gasteiger partial charge on any atom is -0.487 e. The highest BCUT2D eigenvalue weighted by molar-refractivity contribution is 5.88. The Bertz CT molecular complexity index is 1410. The molecule has 0 unspecified atom stereocenters. The van der Waals surface area contributed by atoms with Crippen LogP contribution >= 0.6 is 0 Å². The second-order valence-corrected chi connectivity index (χ2v) is 9.16. The summed E-state index contributed by atoms with van der Waals surface area (Å²) in [5, 5.41) is 14.4. The van der Waals surface area contributed by atoms with E-state index in [2.05, 4.69) is 16.9 Å². The van der Waals surface area contributed by atoms with Gasteiger partial charge in [0, 0.05) is 44.6 Å². The maximum Gasteiger partial charge on any atom is 0.415 e. The van der Waals surface area contributed by atoms with E-state index in [1.54, 1.807) is 31.3 Å². The number of nitrogens with zero attached hydrogens (tertiary/aromatic N) is 3. The van der Waals surface area contributed by atoms with Crippen LogP contribution in [0.1, 0.15) is 11.3 Å². The van der Waals surface area contributed by atoms with Crippen molar-refractivity contribution in [2.75, 3.05) is 31.1 Å². The molecule has 2 aliphatic rings. The van der Waals surface area contributed by atoms with E-state index >= 15 is 0 Å². The number of fused-ring (bicyclic) bond motifs is 2. The summed E-state index contributed by atoms with van der Waals surface area (Å²) in [7, 11) is 1.58. The van der Waals surface area contributed by atoms with E-state index in [-0.39, 0.29) is 24.1 Å². The van der Waals surface area contributed by atoms with Crippen LogP contribution in [0.4, 0.5) is 15.0 Å². The molecule has 0 aliphatic carbocycles. The minimum atomic E-state index is -0.913. The fourth-order valence-corrected chi connectivity index (χ4v) is 4.62. The van der Waals surface area contributed by atoms with E-state index < -0.39 is 24.1 Å². The Morgan fingerprint density at radius 1 is 1.25 bits per heavy atom. The third kappa shape index (κ3) is 4.69. The molecule has 2 aromatic heterocycles. The molecule has 5 rings (SSSR count). The Balaban J connectivity index is 1.19. The molecule has 1 amide bonds. The SMILES string of the molecule is C=C1COc2ccc(N3C[C@H](CNC[C@H](O)Cc4c(F)ccc5ccc(=O)n(C)c45)OC3=O)nc2C1. The molecule has 36 heavy (non-hydrogen) atoms. The van der Waals surface area contributed by atoms with Crippen molar-refractivity contribution in [3.63, 3.8) is 0 Å². The van der Waals surface area contributed by atoms with E-state index in [4.69, 9.17) is 9.47 Å². The summed E-state index contributed by atoms with van der Waals surface area (Å²) < 4.78 is 27.0. The van der Waals surface area contributed by atoms with Gasteiger partial charge in [0.05, 0.1) is 23.9 Å². The first-order valence-corrected chi connectivity index (χ1v) is 11.7. The maximum absolute atomic E-state index is 14.6. The number of anilines is 1. The monoisotopic (exact) mass is 494 g/mol. The largest absolute Gasteiger partial charge is 0.487 e. The lowest BCUT2D eigenvalue weighted by atomic mass is 10.0. The summed E-state index contributed by atoms with van der Waals surface area (Å²) >= 11 is 0. The quantitative estimate of drug-likeness (QED) is 0.485. The molecule has 10 heteroatoms. The van der Waals surface area contributed by atoms with Crippen molar-refractivity contribution in [3.8, 4) is 5.75 Å². The maximum atomic E-state index is 14.6. The highest BCUT2D eigenvalue weighted by Crippen LogP contribution is 2.29. The minimum absolute atomic E-state index is 0.0243. The van der Waals surface area contributed by atoms with E-state index in [1.807, 2.05) is 0 Å². The number of hydrogen-bond acceptors (Lipinski definition) is 7. The lowest BCUT2D eigenvalue weighted by Crippen LogP contribution is -2.36. The first-order valence-electron chi connectivity index (χ1n) is 11.7. The molecule has 0 spiro atoms. The zero-order valence-electron chi connectivity index (χ0n) is 19.9. The van der Waals surface area contributed by atoms with Crippen LogP contribution in [0.5, 0.6) is 5.75 Å². The van der Waals surface area contributed by atoms with Crippen LogP contribution in [0.2, 0.25) is 0 Å². The van der Waals surface area contributed by atoms with Crippen LogP contribution in [0.3, 0.4) is 0 Å². The number of carbonyl (C=O) groups is 1. The number of nitrogens with one attached hydrogen (secondary N) is 1. The molecule has 1 fully saturated rings. The number of benzene rings is 1. The van der Waals surface area contributed by atoms with Crippen molar-refractivity contribution in [3.05, 3.63) is 76.0 Å². The smallest absolute Gasteiger partial charge is 0.415 e. The summed E-state index contributed by atoms with van der Waals surface area (Å²) in [5.74, 6) is 0.694. The van der Waals surface area contributed by atoms with Gasteiger partial charge in [0.25, 0.3) is 5.56 Å². The summed E-state index contributed by atoms with van der Waals surface area (Å²) in [5.41, 5.74) is 2.15. The van der Waals surface area contributed by atoms with Crippen molar-refractivity contribution >= 4 is 22.8 Å². The number of aliphatic hydroxyl groups is 1. The third-order valence-electron chi connectivity index (χ3n) is 6.44. The molecule has 188 valence electrons. The number of hydrogen-bond donors (Lipinski definition) is 2. The molecular weight excluding hydrogens is 467 g/mol. The molecule has 0 radical (unpaired) electrons. The number of aromatic nitrogens is 2. The predicted molar refractivity (Wildman–Crippen MR) is 132 cm³/mol. The number of carbonyl (C=O) groups excluding carboxylic acids is 1. The highest BCUT2D eigenvalue weighted by Gasteiger charge is 2.33. The fraction of sp³-hybridized carbons (Fsp3) is 0.346. The van der Waals surface area contributed by atoms with Crippen molar-refractivity contribution < 1.29 is 23.8 Å². The Kier molecular flexibility index (Phi) is 6.46. The molecule has 2 N–H and O–H groups in total. The second-order valence-electron chi connectivity index (χ2n) is 9.16. The van der Waals surface area contributed by atoms with Gasteiger partial charge in [-0.3, -0.25) is 9.69 Å². The number of aryl methyl sites for hydroxylation is 1. The van der Waals surface area contributed by atoms with E-state index in [0.717, 1.165) is 16.7 Å². The van der Waals surface area contributed by atoms with Gasteiger partial charge in [0.1, 0.15) is 30.1 Å². The van der Waals surface area contributed by atoms with Gasteiger partial charge in [-0.25, -0.2) is 14.2 Å². The van der Waals surface area contributed by atoms with Crippen molar-refractivity contribution in [1.29, 1.82) is 0 Å². The van der Waals surface area contributed by atoms with Gasteiger partial charge in [-0.05, 0) is 41.3 Å². The molecule has 2 aliphatic heterocycles. The van der Waals surface area contributed by atoms with Crippen LogP contribution in [0, 0.1) is 5.82 Å². The number of pyridine rings is 2. The zero-order valence-corrected chi connectivity index (χ0v) is 19.9. The molecule has 4 heterocycles. The Hall–Kier alpha value is -3.76. The second kappa shape index (κ2) is 9.71. The van der Waals surface area contributed by atoms with Crippen LogP contribution in [0.15, 0.2) is 53.3 Å². The molecular formula is C26H27FN4O5. The van der Waals surface area contributed by atoms with Gasteiger partial charge in [-0.2, -0.15) is 0 Å². The summed E-state index contributed by atoms with van der Waals surface area (Å²) in [6.07, 6.45) is -1.23. The summed E-state index contributed by atoms with van der Waals surface area (Å²) in [4.78, 5) is 30.5. The molecule has 2 atom stereocenters. The Morgan fingerprint density at radius 3 is 2.89 bits per heavy atom. The highest BCUT2D eigenvalue weighted by atomic mass is 19.1. The third-order valence-corrected chi connectivity index (χ3v) is 6.44. The van der Waals surface area contributed by atoms with Crippen LogP contribution in [0.25, 0.3) is 10.9 Å². The Morgan fingerprint density at radius 2 is 2.06 bits per heavy atom. The zero-order chi connectivity index (χ0) is 25.4. The van der Waals surface area contributed by atoms with E-state index in [0.29, 0.717) is 43.2 Å². The molecule has 0 saturated carbocycles. The molecule has 3 aromatic rings. The van der Waals surface area contributed by atoms with E-state index in [9.17, 15) is 19.1 Å². The topological polar surface area (TPSA) is 106 Å². The van der Waals surface area contributed by atoms with Gasteiger partial charge in [0.2, 0.25) is 0 Å². The summed E-state index contributed by atoms with van der Waals surface area (Å²) in [6, 6.07) is 9.54. The molecule has 9 nitrogen and oxygen atoms in total. The first kappa shape index (κ1) is 24.0. The van der Waals surface area contributed by atoms with Gasteiger partial charge >= 0.3 is 6.09 Å². The number of cyclic esters (lactones) is 1. The van der Waals surface area contributed by atoms with Crippen molar-refractivity contribution in [2.24, 2.45) is 7.05 Å². The lowest BCUT2D eigenvalue weighted by Gasteiger charge is -2.20. The van der Waals surface area contributed by atoms with Gasteiger partial charge in [-0.15, -0.1) is 0 Å². The summed E-state index contributed by atoms with van der Waals surface area (Å²) in [6.45, 7) is 5.16. The lowest BCUT2D eigenvalue weighted by molar-refractivity contribution is 0.132. The van der Waals surface area contributed by atoms with Crippen LogP contribution < -0.4 is 20.5 Å². The number of halogens is 1. The Labute approximate surface area is 206 Å². The molecule has 0 bridgehead atoms. The van der Waals surface area contributed by atoms with Gasteiger partial charge in [-0.1, -0.05) is 6.58 Å². The number of ether oxygens (including phenoxy) is 2. The van der Waals surface area contributed by atoms with Crippen molar-refractivity contribution in [1.82, 2.24) is 14.9 Å². The number of rotatable bonds is 7. The van der Waals surface area contributed by atoms with Crippen molar-refractivity contribution in [2.45, 2.75) is 25.0 Å². The first-order chi connectivity index (χ1) is 17.3. The number of aliphatic hydroxyl groups excluding tert-OH is 1. The standard InChI is InChI=1S/C26H27FN4O5/c1-15-9-21-22(35-14-15)6-7-23(29-21)31-13-18(36-26(31)34)12-28-11-17(32)10-19-20(27)5-3-16-4-8-24(33)30(2)25(16)19/h3-8,17-18,28,32H,1,9-14H2,2H3/t17-,18+/m1/s1. The normalized spacial score (nSPS) is 18.2. The molecule has 1 saturated heterocycles. The molecule has 1 aromatic carbocycles.